The van der Waals surface area contributed by atoms with Crippen LogP contribution in [0.4, 0.5) is 10.1 Å². The lowest BCUT2D eigenvalue weighted by molar-refractivity contribution is -0.132. The van der Waals surface area contributed by atoms with Gasteiger partial charge in [-0.25, -0.2) is 4.39 Å². The zero-order valence-corrected chi connectivity index (χ0v) is 16.9. The molecule has 0 fully saturated rings. The molecule has 1 aliphatic heterocycles. The van der Waals surface area contributed by atoms with Crippen molar-refractivity contribution in [2.45, 2.75) is 10.8 Å². The van der Waals surface area contributed by atoms with Crippen LogP contribution in [0.15, 0.2) is 65.6 Å². The number of amides is 2. The Balaban J connectivity index is 1.90. The first-order valence-electron chi connectivity index (χ1n) is 8.95. The van der Waals surface area contributed by atoms with Gasteiger partial charge < -0.3 is 9.87 Å². The quantitative estimate of drug-likeness (QED) is 0.486. The first-order valence-corrected chi connectivity index (χ1v) is 11.5. The van der Waals surface area contributed by atoms with Crippen LogP contribution in [-0.2, 0) is 9.59 Å². The molecule has 5 nitrogen and oxygen atoms in total. The summed E-state index contributed by atoms with van der Waals surface area (Å²) < 4.78 is 26.1. The molecule has 3 aromatic carbocycles. The molecule has 0 bridgehead atoms. The Morgan fingerprint density at radius 3 is 2.45 bits per heavy atom. The number of likely N-dealkylation sites (N-methyl/N-ethyl adjacent to an activating group) is 1. The zero-order chi connectivity index (χ0) is 21.0. The molecular weight excluding hydrogens is 391 g/mol. The second-order valence-electron chi connectivity index (χ2n) is 7.53. The second-order valence-corrected chi connectivity index (χ2v) is 11.6. The highest BCUT2D eigenvalue weighted by Gasteiger charge is 2.47. The fourth-order valence-corrected chi connectivity index (χ4v) is 5.76. The summed E-state index contributed by atoms with van der Waals surface area (Å²) in [4.78, 5) is 26.7. The lowest BCUT2D eigenvalue weighted by atomic mass is 9.94. The largest absolute Gasteiger partial charge is 0.336 e. The monoisotopic (exact) mass is 412 g/mol. The van der Waals surface area contributed by atoms with Crippen molar-refractivity contribution in [3.8, 4) is 0 Å². The minimum absolute atomic E-state index is 0.254. The number of halogens is 1. The zero-order valence-electron chi connectivity index (χ0n) is 16.1. The van der Waals surface area contributed by atoms with E-state index in [1.165, 1.54) is 29.6 Å². The minimum Gasteiger partial charge on any atom is -0.336 e. The molecule has 3 aromatic rings. The Bertz CT molecular complexity index is 1250. The van der Waals surface area contributed by atoms with Crippen LogP contribution in [0.2, 0.25) is 0 Å². The summed E-state index contributed by atoms with van der Waals surface area (Å²) in [6, 6.07) is 16.5. The summed E-state index contributed by atoms with van der Waals surface area (Å²) in [7, 11) is -2.23. The molecule has 1 unspecified atom stereocenters. The molecule has 0 saturated carbocycles. The molecule has 0 aromatic heterocycles. The number of nitrogens with zero attached hydrogens (tertiary/aromatic N) is 1. The van der Waals surface area contributed by atoms with Crippen LogP contribution in [0.25, 0.3) is 10.8 Å². The van der Waals surface area contributed by atoms with Crippen molar-refractivity contribution in [2.24, 2.45) is 0 Å². The number of hydrogen-bond acceptors (Lipinski definition) is 3. The van der Waals surface area contributed by atoms with Crippen LogP contribution < -0.4 is 5.32 Å². The van der Waals surface area contributed by atoms with Gasteiger partial charge in [0.2, 0.25) is 11.8 Å². The molecule has 2 amide bonds. The van der Waals surface area contributed by atoms with E-state index in [9.17, 15) is 18.5 Å². The second kappa shape index (κ2) is 6.23. The molecular formula is C22H21FN2O3S. The van der Waals surface area contributed by atoms with Crippen molar-refractivity contribution in [3.63, 3.8) is 0 Å². The maximum Gasteiger partial charge on any atom is 0.249 e. The SMILES string of the molecule is C=S1(C)(O)c2cc3ccccc3cc2C(C(=O)Nc2cccc(F)c2)C(=O)N1C. The Labute approximate surface area is 168 Å². The molecule has 1 atom stereocenters. The molecule has 0 saturated heterocycles. The predicted molar refractivity (Wildman–Crippen MR) is 116 cm³/mol. The summed E-state index contributed by atoms with van der Waals surface area (Å²) in [5.74, 6) is 1.20. The third-order valence-electron chi connectivity index (χ3n) is 5.40. The standard InChI is InChI=1S/C22H21FN2O3S/c1-25-22(27)20(21(26)24-17-10-6-9-16(23)13-17)18-11-14-7-4-5-8-15(14)12-19(18)29(25,2,3)28/h4-13,20,28H,2H2,1,3H3,(H,24,26). The van der Waals surface area contributed by atoms with Crippen molar-refractivity contribution in [2.75, 3.05) is 18.6 Å². The van der Waals surface area contributed by atoms with E-state index in [1.807, 2.05) is 24.3 Å². The van der Waals surface area contributed by atoms with E-state index in [0.717, 1.165) is 10.8 Å². The van der Waals surface area contributed by atoms with Crippen LogP contribution in [0.1, 0.15) is 11.5 Å². The molecule has 2 N–H and O–H groups in total. The van der Waals surface area contributed by atoms with Gasteiger partial charge in [0, 0.05) is 23.9 Å². The Morgan fingerprint density at radius 2 is 1.79 bits per heavy atom. The summed E-state index contributed by atoms with van der Waals surface area (Å²) in [5.41, 5.74) is 0.673. The van der Waals surface area contributed by atoms with Crippen molar-refractivity contribution in [1.82, 2.24) is 4.31 Å². The van der Waals surface area contributed by atoms with Crippen molar-refractivity contribution >= 4 is 43.4 Å². The molecule has 1 heterocycles. The first kappa shape index (κ1) is 19.3. The fraction of sp³-hybridized carbons (Fsp3) is 0.136. The highest BCUT2D eigenvalue weighted by molar-refractivity contribution is 8.40. The summed E-state index contributed by atoms with van der Waals surface area (Å²) in [6.45, 7) is 0. The molecule has 150 valence electrons. The Hall–Kier alpha value is -3.03. The first-order chi connectivity index (χ1) is 13.6. The topological polar surface area (TPSA) is 69.6 Å². The number of carbonyl (C=O) groups excluding carboxylic acids is 2. The van der Waals surface area contributed by atoms with E-state index < -0.39 is 32.8 Å². The smallest absolute Gasteiger partial charge is 0.249 e. The van der Waals surface area contributed by atoms with Crippen molar-refractivity contribution in [1.29, 1.82) is 0 Å². The van der Waals surface area contributed by atoms with Gasteiger partial charge in [-0.05, 0) is 52.5 Å². The van der Waals surface area contributed by atoms with E-state index >= 15 is 0 Å². The van der Waals surface area contributed by atoms with Gasteiger partial charge in [-0.3, -0.25) is 13.9 Å². The third kappa shape index (κ3) is 3.03. The van der Waals surface area contributed by atoms with Crippen molar-refractivity contribution in [3.05, 3.63) is 72.0 Å². The highest BCUT2D eigenvalue weighted by Crippen LogP contribution is 2.65. The number of fused-ring (bicyclic) bond motifs is 2. The predicted octanol–water partition coefficient (Wildman–Crippen LogP) is 4.32. The van der Waals surface area contributed by atoms with Crippen LogP contribution >= 0.6 is 9.22 Å². The fourth-order valence-electron chi connectivity index (χ4n) is 3.66. The summed E-state index contributed by atoms with van der Waals surface area (Å²) >= 11 is 0. The maximum atomic E-state index is 13.5. The average Bonchev–Trinajstić information content (AvgIpc) is 2.65. The third-order valence-corrected chi connectivity index (χ3v) is 8.53. The Morgan fingerprint density at radius 1 is 1.14 bits per heavy atom. The lowest BCUT2D eigenvalue weighted by Gasteiger charge is -2.53. The van der Waals surface area contributed by atoms with Gasteiger partial charge in [0.1, 0.15) is 11.7 Å². The molecule has 0 radical (unpaired) electrons. The molecule has 1 aliphatic rings. The summed E-state index contributed by atoms with van der Waals surface area (Å²) in [5, 5.41) is 4.33. The summed E-state index contributed by atoms with van der Waals surface area (Å²) in [6.07, 6.45) is 1.55. The average molecular weight is 412 g/mol. The van der Waals surface area contributed by atoms with Gasteiger partial charge in [-0.2, -0.15) is 0 Å². The van der Waals surface area contributed by atoms with Crippen LogP contribution in [0.3, 0.4) is 0 Å². The van der Waals surface area contributed by atoms with Crippen molar-refractivity contribution < 1.29 is 18.5 Å². The van der Waals surface area contributed by atoms with Crippen LogP contribution in [0, 0.1) is 5.82 Å². The highest BCUT2D eigenvalue weighted by atomic mass is 32.3. The molecule has 4 rings (SSSR count). The van der Waals surface area contributed by atoms with Gasteiger partial charge in [0.15, 0.2) is 0 Å². The van der Waals surface area contributed by atoms with Gasteiger partial charge >= 0.3 is 0 Å². The Kier molecular flexibility index (Phi) is 4.15. The van der Waals surface area contributed by atoms with Crippen LogP contribution in [-0.4, -0.2) is 39.8 Å². The number of benzene rings is 3. The maximum absolute atomic E-state index is 13.5. The molecule has 0 spiro atoms. The molecule has 7 heteroatoms. The van der Waals surface area contributed by atoms with E-state index in [0.29, 0.717) is 10.5 Å². The van der Waals surface area contributed by atoms with Gasteiger partial charge in [0.05, 0.1) is 0 Å². The number of rotatable bonds is 2. The van der Waals surface area contributed by atoms with Gasteiger partial charge in [-0.1, -0.05) is 39.5 Å². The van der Waals surface area contributed by atoms with Gasteiger partial charge in [0.25, 0.3) is 0 Å². The minimum atomic E-state index is -3.69. The van der Waals surface area contributed by atoms with Crippen LogP contribution in [0.5, 0.6) is 0 Å². The molecule has 29 heavy (non-hydrogen) atoms. The van der Waals surface area contributed by atoms with E-state index in [-0.39, 0.29) is 5.69 Å². The number of anilines is 1. The normalized spacial score (nSPS) is 21.1. The van der Waals surface area contributed by atoms with Gasteiger partial charge in [-0.15, -0.1) is 0 Å². The van der Waals surface area contributed by atoms with E-state index in [2.05, 4.69) is 11.2 Å². The van der Waals surface area contributed by atoms with E-state index in [1.54, 1.807) is 24.5 Å². The number of hydrogen-bond donors (Lipinski definition) is 2. The number of nitrogens with one attached hydrogen (secondary N) is 1. The lowest BCUT2D eigenvalue weighted by Crippen LogP contribution is -2.45. The molecule has 0 aliphatic carbocycles. The van der Waals surface area contributed by atoms with E-state index in [4.69, 9.17) is 0 Å². The number of carbonyl (C=O) groups is 2.